The molecule has 7 nitrogen and oxygen atoms in total. The van der Waals surface area contributed by atoms with Crippen LogP contribution in [0.1, 0.15) is 56.6 Å². The van der Waals surface area contributed by atoms with Crippen LogP contribution in [0.5, 0.6) is 0 Å². The average Bonchev–Trinajstić information content (AvgIpc) is 3.18. The van der Waals surface area contributed by atoms with E-state index in [0.29, 0.717) is 25.8 Å². The summed E-state index contributed by atoms with van der Waals surface area (Å²) >= 11 is 0. The summed E-state index contributed by atoms with van der Waals surface area (Å²) < 4.78 is 5.61. The van der Waals surface area contributed by atoms with E-state index in [-0.39, 0.29) is 36.9 Å². The molecule has 2 aromatic carbocycles. The van der Waals surface area contributed by atoms with Gasteiger partial charge in [0, 0.05) is 25.0 Å². The third-order valence-electron chi connectivity index (χ3n) is 7.33. The van der Waals surface area contributed by atoms with Crippen molar-refractivity contribution in [2.24, 2.45) is 11.8 Å². The molecule has 2 aliphatic rings. The molecule has 1 aliphatic carbocycles. The summed E-state index contributed by atoms with van der Waals surface area (Å²) in [7, 11) is 0. The molecule has 2 aromatic rings. The SMILES string of the molecule is CCCC(CNC(=O)OCC1c2ccccc2-c2ccccc21)C(=O)N1CCC(C(=O)O)CC1C. The molecule has 0 aromatic heterocycles. The van der Waals surface area contributed by atoms with Crippen LogP contribution in [-0.4, -0.2) is 53.7 Å². The molecule has 3 unspecified atom stereocenters. The van der Waals surface area contributed by atoms with Gasteiger partial charge in [-0.15, -0.1) is 0 Å². The lowest BCUT2D eigenvalue weighted by Crippen LogP contribution is -2.50. The number of alkyl carbamates (subject to hydrolysis) is 1. The number of ether oxygens (including phenoxy) is 1. The van der Waals surface area contributed by atoms with E-state index in [4.69, 9.17) is 4.74 Å². The fourth-order valence-electron chi connectivity index (χ4n) is 5.48. The highest BCUT2D eigenvalue weighted by Gasteiger charge is 2.35. The fourth-order valence-corrected chi connectivity index (χ4v) is 5.48. The fraction of sp³-hybridized carbons (Fsp3) is 0.464. The lowest BCUT2D eigenvalue weighted by atomic mass is 9.90. The van der Waals surface area contributed by atoms with Crippen molar-refractivity contribution >= 4 is 18.0 Å². The van der Waals surface area contributed by atoms with Gasteiger partial charge in [-0.3, -0.25) is 9.59 Å². The first kappa shape index (κ1) is 24.8. The summed E-state index contributed by atoms with van der Waals surface area (Å²) in [4.78, 5) is 38.9. The number of carbonyl (C=O) groups is 3. The Morgan fingerprint density at radius 1 is 1.09 bits per heavy atom. The number of benzene rings is 2. The average molecular weight is 479 g/mol. The second kappa shape index (κ2) is 10.9. The highest BCUT2D eigenvalue weighted by Crippen LogP contribution is 2.44. The van der Waals surface area contributed by atoms with Crippen LogP contribution in [0.15, 0.2) is 48.5 Å². The number of carbonyl (C=O) groups excluding carboxylic acids is 2. The highest BCUT2D eigenvalue weighted by molar-refractivity contribution is 5.81. The number of amides is 2. The molecular formula is C28H34N2O5. The van der Waals surface area contributed by atoms with Crippen LogP contribution in [0.2, 0.25) is 0 Å². The van der Waals surface area contributed by atoms with Gasteiger partial charge < -0.3 is 20.1 Å². The number of likely N-dealkylation sites (tertiary alicyclic amines) is 1. The van der Waals surface area contributed by atoms with Crippen molar-refractivity contribution in [3.63, 3.8) is 0 Å². The van der Waals surface area contributed by atoms with Gasteiger partial charge in [-0.25, -0.2) is 4.79 Å². The molecule has 2 amide bonds. The normalized spacial score (nSPS) is 20.0. The van der Waals surface area contributed by atoms with Gasteiger partial charge in [0.25, 0.3) is 0 Å². The van der Waals surface area contributed by atoms with E-state index in [1.807, 2.05) is 38.1 Å². The van der Waals surface area contributed by atoms with E-state index < -0.39 is 18.0 Å². The maximum absolute atomic E-state index is 13.2. The predicted molar refractivity (Wildman–Crippen MR) is 133 cm³/mol. The van der Waals surface area contributed by atoms with E-state index in [1.54, 1.807) is 4.90 Å². The Bertz CT molecular complexity index is 1040. The molecule has 186 valence electrons. The van der Waals surface area contributed by atoms with Crippen molar-refractivity contribution in [1.29, 1.82) is 0 Å². The van der Waals surface area contributed by atoms with E-state index in [0.717, 1.165) is 17.5 Å². The zero-order valence-electron chi connectivity index (χ0n) is 20.4. The minimum Gasteiger partial charge on any atom is -0.481 e. The lowest BCUT2D eigenvalue weighted by Gasteiger charge is -2.38. The zero-order valence-corrected chi connectivity index (χ0v) is 20.4. The monoisotopic (exact) mass is 478 g/mol. The molecule has 0 spiro atoms. The van der Waals surface area contributed by atoms with Gasteiger partial charge in [0.15, 0.2) is 0 Å². The first-order valence-electron chi connectivity index (χ1n) is 12.5. The minimum atomic E-state index is -0.800. The second-order valence-corrected chi connectivity index (χ2v) is 9.63. The molecule has 0 saturated carbocycles. The summed E-state index contributed by atoms with van der Waals surface area (Å²) in [5.41, 5.74) is 4.65. The van der Waals surface area contributed by atoms with Crippen molar-refractivity contribution in [2.75, 3.05) is 19.7 Å². The molecule has 35 heavy (non-hydrogen) atoms. The van der Waals surface area contributed by atoms with Gasteiger partial charge in [0.1, 0.15) is 6.61 Å². The molecule has 1 heterocycles. The Morgan fingerprint density at radius 2 is 1.71 bits per heavy atom. The van der Waals surface area contributed by atoms with Crippen LogP contribution < -0.4 is 5.32 Å². The van der Waals surface area contributed by atoms with Crippen LogP contribution in [0.3, 0.4) is 0 Å². The maximum atomic E-state index is 13.2. The van der Waals surface area contributed by atoms with Crippen molar-refractivity contribution in [1.82, 2.24) is 10.2 Å². The molecule has 0 bridgehead atoms. The zero-order chi connectivity index (χ0) is 24.9. The summed E-state index contributed by atoms with van der Waals surface area (Å²) in [6, 6.07) is 16.2. The molecule has 4 rings (SSSR count). The summed E-state index contributed by atoms with van der Waals surface area (Å²) in [6.07, 6.45) is 1.85. The first-order chi connectivity index (χ1) is 16.9. The van der Waals surface area contributed by atoms with E-state index in [1.165, 1.54) is 11.1 Å². The number of hydrogen-bond donors (Lipinski definition) is 2. The predicted octanol–water partition coefficient (Wildman–Crippen LogP) is 4.65. The van der Waals surface area contributed by atoms with Gasteiger partial charge in [0.2, 0.25) is 5.91 Å². The number of nitrogens with one attached hydrogen (secondary N) is 1. The molecule has 1 fully saturated rings. The Hall–Kier alpha value is -3.35. The second-order valence-electron chi connectivity index (χ2n) is 9.63. The van der Waals surface area contributed by atoms with Gasteiger partial charge >= 0.3 is 12.1 Å². The van der Waals surface area contributed by atoms with Crippen LogP contribution in [0.4, 0.5) is 4.79 Å². The number of rotatable bonds is 8. The molecule has 3 atom stereocenters. The minimum absolute atomic E-state index is 0.0161. The smallest absolute Gasteiger partial charge is 0.407 e. The van der Waals surface area contributed by atoms with Crippen LogP contribution in [0.25, 0.3) is 11.1 Å². The first-order valence-corrected chi connectivity index (χ1v) is 12.5. The van der Waals surface area contributed by atoms with Gasteiger partial charge in [-0.1, -0.05) is 61.9 Å². The Kier molecular flexibility index (Phi) is 7.73. The van der Waals surface area contributed by atoms with Crippen molar-refractivity contribution in [3.05, 3.63) is 59.7 Å². The van der Waals surface area contributed by atoms with Gasteiger partial charge in [-0.2, -0.15) is 0 Å². The Balaban J connectivity index is 1.33. The maximum Gasteiger partial charge on any atom is 0.407 e. The summed E-state index contributed by atoms with van der Waals surface area (Å²) in [5.74, 6) is -1.60. The number of aliphatic carboxylic acids is 1. The lowest BCUT2D eigenvalue weighted by molar-refractivity contribution is -0.149. The third kappa shape index (κ3) is 5.34. The standard InChI is InChI=1S/C28H34N2O5/c1-3-8-20(26(31)30-14-13-19(27(32)33)15-18(30)2)16-29-28(34)35-17-25-23-11-6-4-9-21(23)22-10-5-7-12-24(22)25/h4-7,9-12,18-20,25H,3,8,13-17H2,1-2H3,(H,29,34)(H,32,33). The van der Waals surface area contributed by atoms with E-state index in [9.17, 15) is 19.5 Å². The molecule has 1 saturated heterocycles. The molecular weight excluding hydrogens is 444 g/mol. The Morgan fingerprint density at radius 3 is 2.29 bits per heavy atom. The quantitative estimate of drug-likeness (QED) is 0.576. The van der Waals surface area contributed by atoms with Gasteiger partial charge in [-0.05, 0) is 48.4 Å². The number of nitrogens with zero attached hydrogens (tertiary/aromatic N) is 1. The number of hydrogen-bond acceptors (Lipinski definition) is 4. The molecule has 1 aliphatic heterocycles. The van der Waals surface area contributed by atoms with Crippen molar-refractivity contribution in [2.45, 2.75) is 51.5 Å². The summed E-state index contributed by atoms with van der Waals surface area (Å²) in [6.45, 7) is 4.77. The number of piperidine rings is 1. The molecule has 7 heteroatoms. The number of fused-ring (bicyclic) bond motifs is 3. The third-order valence-corrected chi connectivity index (χ3v) is 7.33. The Labute approximate surface area is 206 Å². The topological polar surface area (TPSA) is 95.9 Å². The molecule has 2 N–H and O–H groups in total. The highest BCUT2D eigenvalue weighted by atomic mass is 16.5. The number of carboxylic acid groups (broad SMARTS) is 1. The van der Waals surface area contributed by atoms with Crippen LogP contribution >= 0.6 is 0 Å². The van der Waals surface area contributed by atoms with Crippen LogP contribution in [0, 0.1) is 11.8 Å². The van der Waals surface area contributed by atoms with Crippen LogP contribution in [-0.2, 0) is 14.3 Å². The summed E-state index contributed by atoms with van der Waals surface area (Å²) in [5, 5.41) is 12.1. The van der Waals surface area contributed by atoms with Crippen molar-refractivity contribution < 1.29 is 24.2 Å². The number of carboxylic acids is 1. The van der Waals surface area contributed by atoms with Crippen molar-refractivity contribution in [3.8, 4) is 11.1 Å². The van der Waals surface area contributed by atoms with E-state index >= 15 is 0 Å². The largest absolute Gasteiger partial charge is 0.481 e. The van der Waals surface area contributed by atoms with E-state index in [2.05, 4.69) is 29.6 Å². The molecule has 0 radical (unpaired) electrons. The van der Waals surface area contributed by atoms with Gasteiger partial charge in [0.05, 0.1) is 11.8 Å².